The zero-order chi connectivity index (χ0) is 21.1. The third-order valence-corrected chi connectivity index (χ3v) is 4.65. The molecule has 4 aromatic rings. The second kappa shape index (κ2) is 8.20. The number of ether oxygens (including phenoxy) is 1. The van der Waals surface area contributed by atoms with Crippen LogP contribution in [0, 0.1) is 6.92 Å². The van der Waals surface area contributed by atoms with Crippen LogP contribution in [0.1, 0.15) is 17.9 Å². The van der Waals surface area contributed by atoms with Gasteiger partial charge in [-0.2, -0.15) is 4.98 Å². The van der Waals surface area contributed by atoms with Crippen LogP contribution in [0.25, 0.3) is 22.3 Å². The molecule has 0 aliphatic rings. The molecule has 2 N–H and O–H groups in total. The summed E-state index contributed by atoms with van der Waals surface area (Å²) in [4.78, 5) is 31.7. The van der Waals surface area contributed by atoms with Crippen molar-refractivity contribution in [2.75, 3.05) is 12.4 Å². The van der Waals surface area contributed by atoms with Gasteiger partial charge in [-0.05, 0) is 54.8 Å². The van der Waals surface area contributed by atoms with E-state index >= 15 is 0 Å². The van der Waals surface area contributed by atoms with Crippen molar-refractivity contribution in [1.29, 1.82) is 0 Å². The molecule has 152 valence electrons. The topological polar surface area (TPSA) is 110 Å². The van der Waals surface area contributed by atoms with Crippen LogP contribution < -0.4 is 15.6 Å². The van der Waals surface area contributed by atoms with Gasteiger partial charge in [0.1, 0.15) is 5.75 Å². The van der Waals surface area contributed by atoms with Crippen molar-refractivity contribution in [2.24, 2.45) is 0 Å². The van der Waals surface area contributed by atoms with Crippen molar-refractivity contribution in [3.8, 4) is 17.1 Å². The molecule has 30 heavy (non-hydrogen) atoms. The van der Waals surface area contributed by atoms with Crippen molar-refractivity contribution in [2.45, 2.75) is 19.8 Å². The van der Waals surface area contributed by atoms with Gasteiger partial charge in [-0.25, -0.2) is 0 Å². The molecule has 0 aliphatic carbocycles. The lowest BCUT2D eigenvalue weighted by atomic mass is 10.1. The Kier molecular flexibility index (Phi) is 5.30. The summed E-state index contributed by atoms with van der Waals surface area (Å²) in [6.45, 7) is 1.98. The van der Waals surface area contributed by atoms with Crippen molar-refractivity contribution in [1.82, 2.24) is 15.1 Å². The van der Waals surface area contributed by atoms with Gasteiger partial charge in [0.05, 0.1) is 12.7 Å². The number of methoxy groups -OCH3 is 1. The Morgan fingerprint density at radius 3 is 2.73 bits per heavy atom. The van der Waals surface area contributed by atoms with Crippen LogP contribution in [0.3, 0.4) is 0 Å². The number of aromatic amines is 1. The molecule has 0 saturated heterocycles. The van der Waals surface area contributed by atoms with Crippen LogP contribution in [-0.2, 0) is 11.2 Å². The third kappa shape index (κ3) is 4.22. The first kappa shape index (κ1) is 19.4. The van der Waals surface area contributed by atoms with E-state index in [0.29, 0.717) is 22.9 Å². The van der Waals surface area contributed by atoms with Gasteiger partial charge >= 0.3 is 0 Å². The Labute approximate surface area is 171 Å². The van der Waals surface area contributed by atoms with Crippen molar-refractivity contribution in [3.05, 3.63) is 70.3 Å². The minimum Gasteiger partial charge on any atom is -0.497 e. The standard InChI is InChI=1S/C22H20N4O4/c1-13-3-8-18-14(11-13)12-17(22(28)24-18)21-25-20(30-26-21)10-9-19(27)23-15-4-6-16(29-2)7-5-15/h3-8,11-12H,9-10H2,1-2H3,(H,23,27)(H,24,28). The number of hydrogen-bond donors (Lipinski definition) is 2. The number of aromatic nitrogens is 3. The Balaban J connectivity index is 1.44. The number of anilines is 1. The van der Waals surface area contributed by atoms with E-state index in [2.05, 4.69) is 20.4 Å². The molecule has 0 fully saturated rings. The van der Waals surface area contributed by atoms with Crippen molar-refractivity contribution < 1.29 is 14.1 Å². The number of nitrogens with zero attached hydrogens (tertiary/aromatic N) is 2. The minimum absolute atomic E-state index is 0.168. The van der Waals surface area contributed by atoms with Crippen LogP contribution in [-0.4, -0.2) is 28.1 Å². The van der Waals surface area contributed by atoms with E-state index in [0.717, 1.165) is 16.5 Å². The molecule has 2 aromatic heterocycles. The molecule has 0 spiro atoms. The number of H-pyrrole nitrogens is 1. The number of nitrogens with one attached hydrogen (secondary N) is 2. The van der Waals surface area contributed by atoms with Crippen LogP contribution in [0.2, 0.25) is 0 Å². The molecular formula is C22H20N4O4. The maximum atomic E-state index is 12.4. The number of carbonyl (C=O) groups excluding carboxylic acids is 1. The summed E-state index contributed by atoms with van der Waals surface area (Å²) >= 11 is 0. The molecule has 4 rings (SSSR count). The quantitative estimate of drug-likeness (QED) is 0.509. The van der Waals surface area contributed by atoms with E-state index in [4.69, 9.17) is 9.26 Å². The summed E-state index contributed by atoms with van der Waals surface area (Å²) in [7, 11) is 1.58. The van der Waals surface area contributed by atoms with E-state index < -0.39 is 0 Å². The molecule has 0 unspecified atom stereocenters. The molecule has 0 saturated carbocycles. The molecule has 8 heteroatoms. The van der Waals surface area contributed by atoms with Crippen LogP contribution in [0.4, 0.5) is 5.69 Å². The summed E-state index contributed by atoms with van der Waals surface area (Å²) in [5.74, 6) is 1.02. The number of rotatable bonds is 6. The van der Waals surface area contributed by atoms with Gasteiger partial charge in [0.25, 0.3) is 5.56 Å². The smallest absolute Gasteiger partial charge is 0.259 e. The SMILES string of the molecule is COc1ccc(NC(=O)CCc2nc(-c3cc4cc(C)ccc4[nH]c3=O)no2)cc1. The molecule has 0 atom stereocenters. The van der Waals surface area contributed by atoms with Gasteiger partial charge in [0, 0.05) is 24.0 Å². The molecule has 2 heterocycles. The third-order valence-electron chi connectivity index (χ3n) is 4.65. The molecule has 2 aromatic carbocycles. The highest BCUT2D eigenvalue weighted by Crippen LogP contribution is 2.19. The molecule has 0 radical (unpaired) electrons. The van der Waals surface area contributed by atoms with E-state index in [1.54, 1.807) is 37.4 Å². The highest BCUT2D eigenvalue weighted by atomic mass is 16.5. The number of fused-ring (bicyclic) bond motifs is 1. The Bertz CT molecular complexity index is 1260. The number of aryl methyl sites for hydroxylation is 2. The van der Waals surface area contributed by atoms with E-state index in [1.165, 1.54) is 0 Å². The molecule has 0 bridgehead atoms. The second-order valence-corrected chi connectivity index (χ2v) is 6.89. The predicted octanol–water partition coefficient (Wildman–Crippen LogP) is 3.47. The molecule has 0 aliphatic heterocycles. The van der Waals surface area contributed by atoms with Gasteiger partial charge in [-0.3, -0.25) is 9.59 Å². The largest absolute Gasteiger partial charge is 0.497 e. The monoisotopic (exact) mass is 404 g/mol. The number of hydrogen-bond acceptors (Lipinski definition) is 6. The van der Waals surface area contributed by atoms with Crippen molar-refractivity contribution >= 4 is 22.5 Å². The van der Waals surface area contributed by atoms with Gasteiger partial charge < -0.3 is 19.6 Å². The van der Waals surface area contributed by atoms with Gasteiger partial charge in [0.15, 0.2) is 0 Å². The second-order valence-electron chi connectivity index (χ2n) is 6.89. The number of amides is 1. The first-order valence-corrected chi connectivity index (χ1v) is 9.42. The summed E-state index contributed by atoms with van der Waals surface area (Å²) in [5.41, 5.74) is 2.53. The number of benzene rings is 2. The fourth-order valence-electron chi connectivity index (χ4n) is 3.08. The van der Waals surface area contributed by atoms with E-state index in [1.807, 2.05) is 25.1 Å². The maximum Gasteiger partial charge on any atom is 0.259 e. The zero-order valence-corrected chi connectivity index (χ0v) is 16.6. The van der Waals surface area contributed by atoms with Crippen molar-refractivity contribution in [3.63, 3.8) is 0 Å². The van der Waals surface area contributed by atoms with Crippen LogP contribution in [0.5, 0.6) is 5.75 Å². The highest BCUT2D eigenvalue weighted by Gasteiger charge is 2.14. The minimum atomic E-state index is -0.295. The van der Waals surface area contributed by atoms with Crippen LogP contribution in [0.15, 0.2) is 57.8 Å². The van der Waals surface area contributed by atoms with Crippen LogP contribution >= 0.6 is 0 Å². The average molecular weight is 404 g/mol. The zero-order valence-electron chi connectivity index (χ0n) is 16.6. The first-order chi connectivity index (χ1) is 14.5. The summed E-state index contributed by atoms with van der Waals surface area (Å²) in [5, 5.41) is 7.59. The lowest BCUT2D eigenvalue weighted by Gasteiger charge is -2.05. The molecular weight excluding hydrogens is 384 g/mol. The average Bonchev–Trinajstić information content (AvgIpc) is 3.21. The van der Waals surface area contributed by atoms with Gasteiger partial charge in [-0.1, -0.05) is 16.8 Å². The van der Waals surface area contributed by atoms with Gasteiger partial charge in [-0.15, -0.1) is 0 Å². The fourth-order valence-corrected chi connectivity index (χ4v) is 3.08. The normalized spacial score (nSPS) is 10.9. The predicted molar refractivity (Wildman–Crippen MR) is 113 cm³/mol. The lowest BCUT2D eigenvalue weighted by Crippen LogP contribution is -2.12. The maximum absolute atomic E-state index is 12.4. The number of pyridine rings is 1. The van der Waals surface area contributed by atoms with Gasteiger partial charge in [0.2, 0.25) is 17.6 Å². The van der Waals surface area contributed by atoms with E-state index in [-0.39, 0.29) is 30.1 Å². The Morgan fingerprint density at radius 1 is 1.17 bits per heavy atom. The summed E-state index contributed by atoms with van der Waals surface area (Å²) < 4.78 is 10.3. The fraction of sp³-hybridized carbons (Fsp3) is 0.182. The number of carbonyl (C=O) groups is 1. The molecule has 1 amide bonds. The lowest BCUT2D eigenvalue weighted by molar-refractivity contribution is -0.116. The van der Waals surface area contributed by atoms with E-state index in [9.17, 15) is 9.59 Å². The Hall–Kier alpha value is -3.94. The summed E-state index contributed by atoms with van der Waals surface area (Å²) in [6.07, 6.45) is 0.431. The summed E-state index contributed by atoms with van der Waals surface area (Å²) in [6, 6.07) is 14.6. The Morgan fingerprint density at radius 2 is 1.97 bits per heavy atom. The first-order valence-electron chi connectivity index (χ1n) is 9.42. The molecule has 8 nitrogen and oxygen atoms in total. The highest BCUT2D eigenvalue weighted by molar-refractivity contribution is 5.90.